The summed E-state index contributed by atoms with van der Waals surface area (Å²) in [6, 6.07) is 0. The Kier molecular flexibility index (Phi) is 2.28. The van der Waals surface area contributed by atoms with Gasteiger partial charge in [-0.15, -0.1) is 0 Å². The monoisotopic (exact) mass is 208 g/mol. The van der Waals surface area contributed by atoms with E-state index in [9.17, 15) is 4.79 Å². The van der Waals surface area contributed by atoms with Crippen molar-refractivity contribution >= 4 is 5.97 Å². The van der Waals surface area contributed by atoms with Crippen LogP contribution in [0.4, 0.5) is 0 Å². The van der Waals surface area contributed by atoms with Crippen LogP contribution >= 0.6 is 0 Å². The van der Waals surface area contributed by atoms with Crippen LogP contribution in [0, 0.1) is 17.8 Å². The maximum absolute atomic E-state index is 11.9. The van der Waals surface area contributed by atoms with Crippen molar-refractivity contribution in [3.63, 3.8) is 0 Å². The number of allylic oxidation sites excluding steroid dienone is 2. The fraction of sp³-hybridized carbons (Fsp3) is 0.750. The van der Waals surface area contributed by atoms with E-state index in [0.29, 0.717) is 11.8 Å². The summed E-state index contributed by atoms with van der Waals surface area (Å²) in [5, 5.41) is 0. The second-order valence-corrected chi connectivity index (χ2v) is 4.77. The summed E-state index contributed by atoms with van der Waals surface area (Å²) in [7, 11) is 0. The van der Waals surface area contributed by atoms with Gasteiger partial charge >= 0.3 is 5.97 Å². The number of esters is 1. The fourth-order valence-corrected chi connectivity index (χ4v) is 2.91. The highest BCUT2D eigenvalue weighted by atomic mass is 16.7. The predicted molar refractivity (Wildman–Crippen MR) is 53.9 cm³/mol. The van der Waals surface area contributed by atoms with Crippen LogP contribution in [0.25, 0.3) is 0 Å². The zero-order valence-electron chi connectivity index (χ0n) is 8.72. The first-order valence-corrected chi connectivity index (χ1v) is 5.83. The lowest BCUT2D eigenvalue weighted by atomic mass is 9.94. The second-order valence-electron chi connectivity index (χ2n) is 4.77. The molecule has 0 amide bonds. The van der Waals surface area contributed by atoms with E-state index in [1.54, 1.807) is 0 Å². The van der Waals surface area contributed by atoms with Crippen molar-refractivity contribution in [1.29, 1.82) is 0 Å². The molecule has 0 spiro atoms. The molecule has 1 heterocycles. The average molecular weight is 208 g/mol. The Labute approximate surface area is 89.4 Å². The molecule has 82 valence electrons. The highest BCUT2D eigenvalue weighted by Gasteiger charge is 2.41. The SMILES string of the molecule is O=C(O[C@@H]1CCCO1)[C@H]1C[C@@H]2C=C[C@H]1C2. The van der Waals surface area contributed by atoms with Gasteiger partial charge < -0.3 is 9.47 Å². The molecule has 3 nitrogen and oxygen atoms in total. The Morgan fingerprint density at radius 3 is 2.87 bits per heavy atom. The molecule has 3 aliphatic rings. The largest absolute Gasteiger partial charge is 0.436 e. The van der Waals surface area contributed by atoms with Crippen LogP contribution < -0.4 is 0 Å². The lowest BCUT2D eigenvalue weighted by Crippen LogP contribution is -2.26. The Morgan fingerprint density at radius 1 is 1.33 bits per heavy atom. The van der Waals surface area contributed by atoms with E-state index in [1.165, 1.54) is 0 Å². The number of carbonyl (C=O) groups excluding carboxylic acids is 1. The van der Waals surface area contributed by atoms with E-state index in [1.807, 2.05) is 0 Å². The van der Waals surface area contributed by atoms with Gasteiger partial charge in [-0.05, 0) is 31.1 Å². The van der Waals surface area contributed by atoms with E-state index in [2.05, 4.69) is 12.2 Å². The van der Waals surface area contributed by atoms with E-state index in [-0.39, 0.29) is 18.2 Å². The van der Waals surface area contributed by atoms with Crippen LogP contribution in [0.15, 0.2) is 12.2 Å². The third-order valence-corrected chi connectivity index (χ3v) is 3.72. The van der Waals surface area contributed by atoms with E-state index < -0.39 is 0 Å². The number of fused-ring (bicyclic) bond motifs is 2. The van der Waals surface area contributed by atoms with Gasteiger partial charge in [0.1, 0.15) is 0 Å². The van der Waals surface area contributed by atoms with E-state index in [0.717, 1.165) is 32.3 Å². The molecule has 0 N–H and O–H groups in total. The third kappa shape index (κ3) is 1.69. The van der Waals surface area contributed by atoms with Gasteiger partial charge in [0.05, 0.1) is 12.5 Å². The minimum atomic E-state index is -0.263. The summed E-state index contributed by atoms with van der Waals surface area (Å²) in [4.78, 5) is 11.9. The van der Waals surface area contributed by atoms with Crippen molar-refractivity contribution in [3.8, 4) is 0 Å². The molecule has 3 heteroatoms. The topological polar surface area (TPSA) is 35.5 Å². The number of rotatable bonds is 2. The van der Waals surface area contributed by atoms with Gasteiger partial charge in [-0.2, -0.15) is 0 Å². The maximum atomic E-state index is 11.9. The number of hydrogen-bond acceptors (Lipinski definition) is 3. The van der Waals surface area contributed by atoms with Gasteiger partial charge in [-0.25, -0.2) is 0 Å². The lowest BCUT2D eigenvalue weighted by Gasteiger charge is -2.19. The summed E-state index contributed by atoms with van der Waals surface area (Å²) in [6.07, 6.45) is 8.14. The molecule has 1 aliphatic heterocycles. The predicted octanol–water partition coefficient (Wildman–Crippen LogP) is 1.88. The Morgan fingerprint density at radius 2 is 2.27 bits per heavy atom. The molecule has 2 bridgehead atoms. The van der Waals surface area contributed by atoms with E-state index in [4.69, 9.17) is 9.47 Å². The molecule has 0 aromatic rings. The molecule has 4 atom stereocenters. The number of ether oxygens (including phenoxy) is 2. The lowest BCUT2D eigenvalue weighted by molar-refractivity contribution is -0.175. The van der Waals surface area contributed by atoms with Gasteiger partial charge in [0.15, 0.2) is 0 Å². The average Bonchev–Trinajstić information content (AvgIpc) is 2.93. The van der Waals surface area contributed by atoms with Crippen molar-refractivity contribution in [2.24, 2.45) is 17.8 Å². The zero-order valence-corrected chi connectivity index (χ0v) is 8.72. The first kappa shape index (κ1) is 9.40. The first-order valence-electron chi connectivity index (χ1n) is 5.83. The van der Waals surface area contributed by atoms with Crippen LogP contribution in [0.2, 0.25) is 0 Å². The van der Waals surface area contributed by atoms with Crippen LogP contribution in [0.1, 0.15) is 25.7 Å². The van der Waals surface area contributed by atoms with Gasteiger partial charge in [0, 0.05) is 6.42 Å². The van der Waals surface area contributed by atoms with Crippen LogP contribution in [0.3, 0.4) is 0 Å². The van der Waals surface area contributed by atoms with Crippen LogP contribution in [0.5, 0.6) is 0 Å². The molecular weight excluding hydrogens is 192 g/mol. The van der Waals surface area contributed by atoms with Crippen molar-refractivity contribution in [2.75, 3.05) is 6.61 Å². The molecule has 0 aromatic carbocycles. The maximum Gasteiger partial charge on any atom is 0.311 e. The Bertz CT molecular complexity index is 291. The Balaban J connectivity index is 1.58. The quantitative estimate of drug-likeness (QED) is 0.513. The highest BCUT2D eigenvalue weighted by molar-refractivity contribution is 5.74. The molecule has 0 aromatic heterocycles. The molecule has 1 saturated carbocycles. The number of hydrogen-bond donors (Lipinski definition) is 0. The third-order valence-electron chi connectivity index (χ3n) is 3.72. The minimum Gasteiger partial charge on any atom is -0.436 e. The molecule has 15 heavy (non-hydrogen) atoms. The molecule has 0 unspecified atom stereocenters. The first-order chi connectivity index (χ1) is 7.33. The Hall–Kier alpha value is -0.830. The van der Waals surface area contributed by atoms with Crippen LogP contribution in [-0.2, 0) is 14.3 Å². The fourth-order valence-electron chi connectivity index (χ4n) is 2.91. The molecule has 2 fully saturated rings. The second kappa shape index (κ2) is 3.63. The standard InChI is InChI=1S/C12H16O3/c13-12(15-11-2-1-5-14-11)10-7-8-3-4-9(10)6-8/h3-4,8-11H,1-2,5-7H2/t8-,9+,10+,11-/m1/s1. The summed E-state index contributed by atoms with van der Waals surface area (Å²) in [5.74, 6) is 1.11. The molecule has 2 aliphatic carbocycles. The molecule has 3 rings (SSSR count). The van der Waals surface area contributed by atoms with E-state index >= 15 is 0 Å². The van der Waals surface area contributed by atoms with Crippen LogP contribution in [-0.4, -0.2) is 18.9 Å². The zero-order chi connectivity index (χ0) is 10.3. The highest BCUT2D eigenvalue weighted by Crippen LogP contribution is 2.44. The van der Waals surface area contributed by atoms with Gasteiger partial charge in [0.25, 0.3) is 0 Å². The van der Waals surface area contributed by atoms with Crippen molar-refractivity contribution in [2.45, 2.75) is 32.0 Å². The molecule has 0 radical (unpaired) electrons. The summed E-state index contributed by atoms with van der Waals surface area (Å²) in [6.45, 7) is 0.731. The summed E-state index contributed by atoms with van der Waals surface area (Å²) >= 11 is 0. The minimum absolute atomic E-state index is 0.0428. The summed E-state index contributed by atoms with van der Waals surface area (Å²) in [5.41, 5.74) is 0. The molecular formula is C12H16O3. The van der Waals surface area contributed by atoms with Crippen molar-refractivity contribution in [3.05, 3.63) is 12.2 Å². The summed E-state index contributed by atoms with van der Waals surface area (Å²) < 4.78 is 10.7. The smallest absolute Gasteiger partial charge is 0.311 e. The van der Waals surface area contributed by atoms with Crippen molar-refractivity contribution in [1.82, 2.24) is 0 Å². The number of carbonyl (C=O) groups is 1. The van der Waals surface area contributed by atoms with Gasteiger partial charge in [-0.1, -0.05) is 12.2 Å². The van der Waals surface area contributed by atoms with Crippen molar-refractivity contribution < 1.29 is 14.3 Å². The van der Waals surface area contributed by atoms with Gasteiger partial charge in [0.2, 0.25) is 6.29 Å². The normalized spacial score (nSPS) is 42.4. The molecule has 1 saturated heterocycles. The van der Waals surface area contributed by atoms with Gasteiger partial charge in [-0.3, -0.25) is 4.79 Å².